The zero-order valence-corrected chi connectivity index (χ0v) is 21.7. The average molecular weight is 445 g/mol. The van der Waals surface area contributed by atoms with Crippen LogP contribution in [-0.2, 0) is 16.5 Å². The molecule has 2 rings (SSSR count). The molecule has 0 saturated carbocycles. The molecule has 0 spiro atoms. The molecule has 5 nitrogen and oxygen atoms in total. The number of hydrogen-bond donors (Lipinski definition) is 1. The van der Waals surface area contributed by atoms with Crippen molar-refractivity contribution in [3.8, 4) is 0 Å². The fourth-order valence-corrected chi connectivity index (χ4v) is 4.29. The van der Waals surface area contributed by atoms with Crippen LogP contribution in [0.3, 0.4) is 0 Å². The Hall–Kier alpha value is -0.400. The summed E-state index contributed by atoms with van der Waals surface area (Å²) < 4.78 is 33.3. The first-order valence-electron chi connectivity index (χ1n) is 11.5. The van der Waals surface area contributed by atoms with Gasteiger partial charge in [0.2, 0.25) is 0 Å². The summed E-state index contributed by atoms with van der Waals surface area (Å²) in [6.45, 7) is 2.27. The van der Waals surface area contributed by atoms with E-state index in [1.54, 1.807) is 6.07 Å². The summed E-state index contributed by atoms with van der Waals surface area (Å²) in [5.74, 6) is 0.861. The molecule has 1 N–H and O–H groups in total. The van der Waals surface area contributed by atoms with Crippen molar-refractivity contribution >= 4 is 21.2 Å². The van der Waals surface area contributed by atoms with Gasteiger partial charge in [0.05, 0.1) is 15.9 Å². The third-order valence-corrected chi connectivity index (χ3v) is 6.39. The number of nitrogens with one attached hydrogen (secondary N) is 1. The Morgan fingerprint density at radius 1 is 0.833 bits per heavy atom. The average Bonchev–Trinajstić information content (AvgIpc) is 3.09. The first kappa shape index (κ1) is 27.6. The Bertz CT molecular complexity index is 821. The SMILES string of the molecule is CCCCCCCCCCCCCCCCc1nc2cc(S(=O)(=O)[O-])ccc2[nH]1.[Na+]. The molecule has 2 aromatic rings. The van der Waals surface area contributed by atoms with Crippen LogP contribution in [0.25, 0.3) is 11.0 Å². The van der Waals surface area contributed by atoms with E-state index in [1.165, 1.54) is 95.6 Å². The summed E-state index contributed by atoms with van der Waals surface area (Å²) in [7, 11) is -4.43. The Morgan fingerprint density at radius 2 is 1.33 bits per heavy atom. The zero-order valence-electron chi connectivity index (χ0n) is 18.9. The second-order valence-corrected chi connectivity index (χ2v) is 9.54. The number of aromatic nitrogens is 2. The number of unbranched alkanes of at least 4 members (excludes halogenated alkanes) is 13. The molecule has 1 aromatic heterocycles. The molecular weight excluding hydrogens is 407 g/mol. The third-order valence-electron chi connectivity index (χ3n) is 5.56. The van der Waals surface area contributed by atoms with E-state index in [0.717, 1.165) is 24.2 Å². The minimum Gasteiger partial charge on any atom is -0.744 e. The maximum atomic E-state index is 11.1. The summed E-state index contributed by atoms with van der Waals surface area (Å²) in [5.41, 5.74) is 1.32. The molecule has 164 valence electrons. The van der Waals surface area contributed by atoms with Crippen LogP contribution >= 0.6 is 0 Å². The van der Waals surface area contributed by atoms with Gasteiger partial charge in [0, 0.05) is 6.42 Å². The van der Waals surface area contributed by atoms with Gasteiger partial charge in [-0.15, -0.1) is 0 Å². The first-order valence-corrected chi connectivity index (χ1v) is 12.9. The fourth-order valence-electron chi connectivity index (χ4n) is 3.80. The molecule has 0 bridgehead atoms. The van der Waals surface area contributed by atoms with E-state index >= 15 is 0 Å². The summed E-state index contributed by atoms with van der Waals surface area (Å²) in [5, 5.41) is 0. The van der Waals surface area contributed by atoms with Crippen LogP contribution in [0.1, 0.15) is 103 Å². The largest absolute Gasteiger partial charge is 1.00 e. The van der Waals surface area contributed by atoms with Gasteiger partial charge in [0.25, 0.3) is 0 Å². The monoisotopic (exact) mass is 444 g/mol. The van der Waals surface area contributed by atoms with E-state index in [-0.39, 0.29) is 34.5 Å². The molecule has 0 amide bonds. The Balaban J connectivity index is 0.00000450. The molecule has 1 heterocycles. The molecule has 0 aliphatic heterocycles. The Morgan fingerprint density at radius 3 is 1.83 bits per heavy atom. The van der Waals surface area contributed by atoms with Crippen molar-refractivity contribution in [2.24, 2.45) is 0 Å². The van der Waals surface area contributed by atoms with Crippen molar-refractivity contribution in [1.29, 1.82) is 0 Å². The van der Waals surface area contributed by atoms with Gasteiger partial charge in [-0.3, -0.25) is 0 Å². The number of aryl methyl sites for hydroxylation is 1. The van der Waals surface area contributed by atoms with Crippen LogP contribution in [0.5, 0.6) is 0 Å². The number of H-pyrrole nitrogens is 1. The zero-order chi connectivity index (χ0) is 21.0. The summed E-state index contributed by atoms with van der Waals surface area (Å²) in [4.78, 5) is 7.42. The van der Waals surface area contributed by atoms with Crippen LogP contribution in [-0.4, -0.2) is 22.9 Å². The minimum absolute atomic E-state index is 0. The molecule has 7 heteroatoms. The first-order chi connectivity index (χ1) is 14.0. The Kier molecular flexibility index (Phi) is 14.2. The number of nitrogens with zero attached hydrogens (tertiary/aromatic N) is 1. The number of aromatic amines is 1. The second kappa shape index (κ2) is 15.4. The number of rotatable bonds is 16. The molecule has 0 saturated heterocycles. The standard InChI is InChI=1S/C23H38N2O3S.Na/c1-2-3-4-5-6-7-8-9-10-11-12-13-14-15-16-23-24-21-18-17-20(29(26,27)28)19-22(21)25-23;/h17-19H,2-16H2,1H3,(H,24,25)(H,26,27,28);/q;+1/p-1. The van der Waals surface area contributed by atoms with Gasteiger partial charge < -0.3 is 9.54 Å². The predicted octanol–water partition coefficient (Wildman–Crippen LogP) is 3.49. The fraction of sp³-hybridized carbons (Fsp3) is 0.696. The molecule has 0 radical (unpaired) electrons. The van der Waals surface area contributed by atoms with E-state index in [1.807, 2.05) is 0 Å². The molecule has 0 fully saturated rings. The number of fused-ring (bicyclic) bond motifs is 1. The normalized spacial score (nSPS) is 11.7. The summed E-state index contributed by atoms with van der Waals surface area (Å²) in [6, 6.07) is 4.30. The van der Waals surface area contributed by atoms with E-state index in [4.69, 9.17) is 0 Å². The van der Waals surface area contributed by atoms with Crippen molar-refractivity contribution in [1.82, 2.24) is 9.97 Å². The van der Waals surface area contributed by atoms with Gasteiger partial charge in [-0.2, -0.15) is 0 Å². The molecule has 0 aliphatic rings. The summed E-state index contributed by atoms with van der Waals surface area (Å²) >= 11 is 0. The van der Waals surface area contributed by atoms with Crippen molar-refractivity contribution < 1.29 is 42.5 Å². The number of imidazole rings is 1. The van der Waals surface area contributed by atoms with Crippen LogP contribution in [0.15, 0.2) is 23.1 Å². The predicted molar refractivity (Wildman–Crippen MR) is 118 cm³/mol. The van der Waals surface area contributed by atoms with Gasteiger partial charge >= 0.3 is 29.6 Å². The van der Waals surface area contributed by atoms with Gasteiger partial charge in [-0.25, -0.2) is 13.4 Å². The summed E-state index contributed by atoms with van der Waals surface area (Å²) in [6.07, 6.45) is 19.5. The van der Waals surface area contributed by atoms with E-state index in [9.17, 15) is 13.0 Å². The molecular formula is C23H37N2NaO3S. The van der Waals surface area contributed by atoms with E-state index in [2.05, 4.69) is 16.9 Å². The molecule has 1 aromatic carbocycles. The van der Waals surface area contributed by atoms with E-state index < -0.39 is 10.1 Å². The van der Waals surface area contributed by atoms with Gasteiger partial charge in [0.1, 0.15) is 15.9 Å². The molecule has 0 unspecified atom stereocenters. The van der Waals surface area contributed by atoms with Gasteiger partial charge in [-0.1, -0.05) is 90.4 Å². The van der Waals surface area contributed by atoms with Gasteiger partial charge in [-0.05, 0) is 24.6 Å². The van der Waals surface area contributed by atoms with Crippen molar-refractivity contribution in [3.05, 3.63) is 24.0 Å². The second-order valence-electron chi connectivity index (χ2n) is 8.16. The van der Waals surface area contributed by atoms with Crippen LogP contribution in [0.4, 0.5) is 0 Å². The Labute approximate surface area is 204 Å². The van der Waals surface area contributed by atoms with Crippen molar-refractivity contribution in [3.63, 3.8) is 0 Å². The maximum absolute atomic E-state index is 11.1. The van der Waals surface area contributed by atoms with Gasteiger partial charge in [0.15, 0.2) is 0 Å². The number of benzene rings is 1. The quantitative estimate of drug-likeness (QED) is 0.244. The smallest absolute Gasteiger partial charge is 0.744 e. The van der Waals surface area contributed by atoms with Crippen LogP contribution in [0, 0.1) is 0 Å². The topological polar surface area (TPSA) is 85.9 Å². The van der Waals surface area contributed by atoms with E-state index in [0.29, 0.717) is 5.52 Å². The number of hydrogen-bond acceptors (Lipinski definition) is 4. The molecule has 0 aliphatic carbocycles. The molecule has 0 atom stereocenters. The minimum atomic E-state index is -4.43. The van der Waals surface area contributed by atoms with Crippen molar-refractivity contribution in [2.75, 3.05) is 0 Å². The third kappa shape index (κ3) is 10.8. The molecule has 30 heavy (non-hydrogen) atoms. The van der Waals surface area contributed by atoms with Crippen molar-refractivity contribution in [2.45, 2.75) is 108 Å². The maximum Gasteiger partial charge on any atom is 1.00 e. The van der Waals surface area contributed by atoms with Crippen LogP contribution < -0.4 is 29.6 Å². The van der Waals surface area contributed by atoms with Crippen LogP contribution in [0.2, 0.25) is 0 Å².